The maximum atomic E-state index is 13.1. The number of aromatic hydroxyl groups is 1. The van der Waals surface area contributed by atoms with E-state index in [-0.39, 0.29) is 17.1 Å². The van der Waals surface area contributed by atoms with Gasteiger partial charge in [-0.2, -0.15) is 0 Å². The first-order chi connectivity index (χ1) is 13.5. The van der Waals surface area contributed by atoms with Crippen LogP contribution in [0.1, 0.15) is 15.9 Å². The van der Waals surface area contributed by atoms with Crippen LogP contribution in [0.2, 0.25) is 0 Å². The molecule has 0 aliphatic carbocycles. The lowest BCUT2D eigenvalue weighted by Gasteiger charge is -2.12. The molecule has 0 aliphatic rings. The van der Waals surface area contributed by atoms with Crippen LogP contribution in [0.4, 0.5) is 10.1 Å². The molecule has 0 heterocycles. The summed E-state index contributed by atoms with van der Waals surface area (Å²) in [5, 5.41) is 15.0. The number of phenolic OH excluding ortho intramolecular Hbond substituents is 1. The fourth-order valence-corrected chi connectivity index (χ4v) is 2.44. The van der Waals surface area contributed by atoms with E-state index in [0.29, 0.717) is 11.1 Å². The minimum atomic E-state index is -0.630. The summed E-state index contributed by atoms with van der Waals surface area (Å²) in [4.78, 5) is 25.2. The number of nitrogens with one attached hydrogen (secondary N) is 2. The van der Waals surface area contributed by atoms with Gasteiger partial charge in [-0.25, -0.2) is 4.39 Å². The Balaban J connectivity index is 1.89. The van der Waals surface area contributed by atoms with Gasteiger partial charge in [0.1, 0.15) is 17.3 Å². The van der Waals surface area contributed by atoms with Crippen molar-refractivity contribution in [2.24, 2.45) is 0 Å². The molecule has 3 N–H and O–H groups in total. The molecule has 0 spiro atoms. The standard InChI is InChI=1S/C22H17FN2O3/c23-17-12-10-15(11-13-17)14-19(25-21(27)16-6-2-1-3-7-16)22(28)24-18-8-4-5-9-20(18)26/h1-14,26H,(H,24,28)(H,25,27)/b19-14+. The molecule has 0 unspecified atom stereocenters. The van der Waals surface area contributed by atoms with Gasteiger partial charge in [-0.3, -0.25) is 9.59 Å². The molecule has 28 heavy (non-hydrogen) atoms. The van der Waals surface area contributed by atoms with E-state index in [2.05, 4.69) is 10.6 Å². The van der Waals surface area contributed by atoms with E-state index < -0.39 is 17.6 Å². The zero-order valence-corrected chi connectivity index (χ0v) is 14.7. The number of amides is 2. The number of anilines is 1. The topological polar surface area (TPSA) is 78.4 Å². The molecule has 6 heteroatoms. The molecule has 0 aromatic heterocycles. The summed E-state index contributed by atoms with van der Waals surface area (Å²) >= 11 is 0. The highest BCUT2D eigenvalue weighted by atomic mass is 19.1. The Labute approximate surface area is 161 Å². The molecule has 0 saturated heterocycles. The van der Waals surface area contributed by atoms with Crippen molar-refractivity contribution in [3.63, 3.8) is 0 Å². The predicted octanol–water partition coefficient (Wildman–Crippen LogP) is 3.94. The molecule has 0 radical (unpaired) electrons. The van der Waals surface area contributed by atoms with Gasteiger partial charge in [0.2, 0.25) is 0 Å². The second kappa shape index (κ2) is 8.64. The third-order valence-electron chi connectivity index (χ3n) is 3.86. The quantitative estimate of drug-likeness (QED) is 0.466. The van der Waals surface area contributed by atoms with Gasteiger partial charge in [-0.05, 0) is 48.0 Å². The van der Waals surface area contributed by atoms with Crippen molar-refractivity contribution in [2.75, 3.05) is 5.32 Å². The molecule has 5 nitrogen and oxygen atoms in total. The van der Waals surface area contributed by atoms with Crippen LogP contribution in [0.3, 0.4) is 0 Å². The Morgan fingerprint density at radius 1 is 0.857 bits per heavy atom. The first-order valence-corrected chi connectivity index (χ1v) is 8.46. The summed E-state index contributed by atoms with van der Waals surface area (Å²) in [5.41, 5.74) is 1.05. The average Bonchev–Trinajstić information content (AvgIpc) is 2.71. The summed E-state index contributed by atoms with van der Waals surface area (Å²) in [6.45, 7) is 0. The van der Waals surface area contributed by atoms with Crippen molar-refractivity contribution < 1.29 is 19.1 Å². The maximum Gasteiger partial charge on any atom is 0.272 e. The molecule has 0 aliphatic heterocycles. The van der Waals surface area contributed by atoms with Crippen molar-refractivity contribution in [1.82, 2.24) is 5.32 Å². The molecular formula is C22H17FN2O3. The minimum Gasteiger partial charge on any atom is -0.506 e. The molecule has 0 bridgehead atoms. The van der Waals surface area contributed by atoms with Gasteiger partial charge in [0.25, 0.3) is 11.8 Å². The van der Waals surface area contributed by atoms with E-state index in [1.54, 1.807) is 42.5 Å². The smallest absolute Gasteiger partial charge is 0.272 e. The molecule has 3 aromatic rings. The van der Waals surface area contributed by atoms with E-state index in [9.17, 15) is 19.1 Å². The van der Waals surface area contributed by atoms with Crippen molar-refractivity contribution in [3.05, 3.63) is 102 Å². The summed E-state index contributed by atoms with van der Waals surface area (Å²) in [6, 6.07) is 20.1. The Hall–Kier alpha value is -3.93. The van der Waals surface area contributed by atoms with Gasteiger partial charge in [0, 0.05) is 5.56 Å². The molecule has 140 valence electrons. The van der Waals surface area contributed by atoms with Crippen LogP contribution in [0.5, 0.6) is 5.75 Å². The second-order valence-corrected chi connectivity index (χ2v) is 5.90. The highest BCUT2D eigenvalue weighted by molar-refractivity contribution is 6.11. The van der Waals surface area contributed by atoms with E-state index in [1.807, 2.05) is 0 Å². The first kappa shape index (κ1) is 18.8. The fourth-order valence-electron chi connectivity index (χ4n) is 2.44. The lowest BCUT2D eigenvalue weighted by atomic mass is 10.1. The van der Waals surface area contributed by atoms with E-state index in [0.717, 1.165) is 0 Å². The summed E-state index contributed by atoms with van der Waals surface area (Å²) in [7, 11) is 0. The molecular weight excluding hydrogens is 359 g/mol. The minimum absolute atomic E-state index is 0.0521. The number of para-hydroxylation sites is 2. The molecule has 3 aromatic carbocycles. The van der Waals surface area contributed by atoms with Crippen LogP contribution in [-0.2, 0) is 4.79 Å². The van der Waals surface area contributed by atoms with Gasteiger partial charge in [-0.15, -0.1) is 0 Å². The maximum absolute atomic E-state index is 13.1. The molecule has 2 amide bonds. The highest BCUT2D eigenvalue weighted by Crippen LogP contribution is 2.22. The molecule has 0 fully saturated rings. The number of benzene rings is 3. The summed E-state index contributed by atoms with van der Waals surface area (Å²) < 4.78 is 13.1. The predicted molar refractivity (Wildman–Crippen MR) is 105 cm³/mol. The van der Waals surface area contributed by atoms with Crippen LogP contribution in [0, 0.1) is 5.82 Å². The Morgan fingerprint density at radius 2 is 1.50 bits per heavy atom. The van der Waals surface area contributed by atoms with Crippen molar-refractivity contribution >= 4 is 23.6 Å². The van der Waals surface area contributed by atoms with Crippen LogP contribution in [0.25, 0.3) is 6.08 Å². The van der Waals surface area contributed by atoms with Crippen LogP contribution < -0.4 is 10.6 Å². The average molecular weight is 376 g/mol. The highest BCUT2D eigenvalue weighted by Gasteiger charge is 2.16. The normalized spacial score (nSPS) is 11.0. The van der Waals surface area contributed by atoms with Crippen LogP contribution in [0.15, 0.2) is 84.6 Å². The third kappa shape index (κ3) is 4.82. The monoisotopic (exact) mass is 376 g/mol. The number of phenols is 1. The fraction of sp³-hybridized carbons (Fsp3) is 0. The van der Waals surface area contributed by atoms with Crippen molar-refractivity contribution in [1.29, 1.82) is 0 Å². The van der Waals surface area contributed by atoms with Gasteiger partial charge >= 0.3 is 0 Å². The summed E-state index contributed by atoms with van der Waals surface area (Å²) in [6.07, 6.45) is 1.43. The molecule has 0 saturated carbocycles. The molecule has 0 atom stereocenters. The molecule has 3 rings (SSSR count). The second-order valence-electron chi connectivity index (χ2n) is 5.90. The van der Waals surface area contributed by atoms with E-state index in [1.165, 1.54) is 42.5 Å². The van der Waals surface area contributed by atoms with Crippen molar-refractivity contribution in [2.45, 2.75) is 0 Å². The Kier molecular flexibility index (Phi) is 5.81. The zero-order valence-electron chi connectivity index (χ0n) is 14.7. The number of halogens is 1. The van der Waals surface area contributed by atoms with E-state index in [4.69, 9.17) is 0 Å². The van der Waals surface area contributed by atoms with E-state index >= 15 is 0 Å². The lowest BCUT2D eigenvalue weighted by molar-refractivity contribution is -0.113. The van der Waals surface area contributed by atoms with Gasteiger partial charge in [-0.1, -0.05) is 42.5 Å². The lowest BCUT2D eigenvalue weighted by Crippen LogP contribution is -2.30. The first-order valence-electron chi connectivity index (χ1n) is 8.46. The van der Waals surface area contributed by atoms with Gasteiger partial charge in [0.05, 0.1) is 5.69 Å². The van der Waals surface area contributed by atoms with Crippen LogP contribution >= 0.6 is 0 Å². The van der Waals surface area contributed by atoms with Crippen LogP contribution in [-0.4, -0.2) is 16.9 Å². The number of rotatable bonds is 5. The number of carbonyl (C=O) groups excluding carboxylic acids is 2. The number of hydrogen-bond donors (Lipinski definition) is 3. The number of carbonyl (C=O) groups is 2. The largest absolute Gasteiger partial charge is 0.506 e. The van der Waals surface area contributed by atoms with Crippen molar-refractivity contribution in [3.8, 4) is 5.75 Å². The van der Waals surface area contributed by atoms with Gasteiger partial charge < -0.3 is 15.7 Å². The van der Waals surface area contributed by atoms with Gasteiger partial charge in [0.15, 0.2) is 0 Å². The summed E-state index contributed by atoms with van der Waals surface area (Å²) in [5.74, 6) is -1.62. The third-order valence-corrected chi connectivity index (χ3v) is 3.86. The number of hydrogen-bond acceptors (Lipinski definition) is 3. The SMILES string of the molecule is O=C(Nc1ccccc1O)/C(=C\c1ccc(F)cc1)NC(=O)c1ccccc1. The Morgan fingerprint density at radius 3 is 2.18 bits per heavy atom. The Bertz CT molecular complexity index is 1020. The zero-order chi connectivity index (χ0) is 19.9.